The average Bonchev–Trinajstić information content (AvgIpc) is 2.94. The van der Waals surface area contributed by atoms with Crippen LogP contribution in [-0.2, 0) is 0 Å². The normalized spacial score (nSPS) is 27.5. The fourth-order valence-corrected chi connectivity index (χ4v) is 3.77. The van der Waals surface area contributed by atoms with Crippen molar-refractivity contribution in [2.75, 3.05) is 0 Å². The largest absolute Gasteiger partial charge is 0.485 e. The van der Waals surface area contributed by atoms with Crippen LogP contribution in [0.1, 0.15) is 37.4 Å². The number of benzene rings is 2. The lowest BCUT2D eigenvalue weighted by Gasteiger charge is -2.43. The Morgan fingerprint density at radius 1 is 1.10 bits per heavy atom. The van der Waals surface area contributed by atoms with Crippen LogP contribution in [-0.4, -0.2) is 16.7 Å². The van der Waals surface area contributed by atoms with Crippen molar-refractivity contribution in [1.29, 1.82) is 0 Å². The molecule has 1 heterocycles. The van der Waals surface area contributed by atoms with Gasteiger partial charge in [0.05, 0.1) is 6.04 Å². The van der Waals surface area contributed by atoms with E-state index in [4.69, 9.17) is 10.5 Å². The molecule has 0 saturated heterocycles. The first-order chi connectivity index (χ1) is 9.71. The highest BCUT2D eigenvalue weighted by Crippen LogP contribution is 2.48. The van der Waals surface area contributed by atoms with Gasteiger partial charge in [-0.05, 0) is 31.1 Å². The van der Waals surface area contributed by atoms with E-state index < -0.39 is 6.10 Å². The van der Waals surface area contributed by atoms with Crippen LogP contribution in [0.3, 0.4) is 0 Å². The summed E-state index contributed by atoms with van der Waals surface area (Å²) in [6.45, 7) is 0. The predicted octanol–water partition coefficient (Wildman–Crippen LogP) is 2.91. The lowest BCUT2D eigenvalue weighted by atomic mass is 9.82. The molecule has 104 valence electrons. The molecule has 1 aliphatic carbocycles. The molecule has 20 heavy (non-hydrogen) atoms. The molecule has 0 bridgehead atoms. The lowest BCUT2D eigenvalue weighted by molar-refractivity contribution is -0.0302. The smallest absolute Gasteiger partial charge is 0.133 e. The second-order valence-electron chi connectivity index (χ2n) is 6.05. The summed E-state index contributed by atoms with van der Waals surface area (Å²) < 4.78 is 6.39. The molecule has 1 spiro atoms. The Labute approximate surface area is 118 Å². The molecule has 1 fully saturated rings. The van der Waals surface area contributed by atoms with Crippen molar-refractivity contribution >= 4 is 10.8 Å². The summed E-state index contributed by atoms with van der Waals surface area (Å²) in [5, 5.41) is 12.8. The molecule has 0 radical (unpaired) electrons. The fourth-order valence-electron chi connectivity index (χ4n) is 3.77. The summed E-state index contributed by atoms with van der Waals surface area (Å²) in [6.07, 6.45) is 3.49. The molecule has 2 aromatic rings. The Kier molecular flexibility index (Phi) is 2.56. The van der Waals surface area contributed by atoms with Crippen molar-refractivity contribution in [2.45, 2.75) is 43.4 Å². The van der Waals surface area contributed by atoms with E-state index in [0.717, 1.165) is 47.8 Å². The average molecular weight is 269 g/mol. The standard InChI is InChI=1S/C17H19NO2/c18-16-14(19)13-8-7-11-5-1-2-6-12(11)15(13)20-17(16)9-3-4-10-17/h1-2,5-8,14,16,19H,3-4,9-10,18H2. The first-order valence-electron chi connectivity index (χ1n) is 7.36. The van der Waals surface area contributed by atoms with Crippen LogP contribution in [0.15, 0.2) is 36.4 Å². The number of fused-ring (bicyclic) bond motifs is 3. The third-order valence-corrected chi connectivity index (χ3v) is 4.93. The second-order valence-corrected chi connectivity index (χ2v) is 6.05. The minimum Gasteiger partial charge on any atom is -0.485 e. The molecule has 2 atom stereocenters. The van der Waals surface area contributed by atoms with Crippen molar-refractivity contribution in [3.8, 4) is 5.75 Å². The first kappa shape index (κ1) is 12.2. The molecule has 2 unspecified atom stereocenters. The first-order valence-corrected chi connectivity index (χ1v) is 7.36. The third kappa shape index (κ3) is 1.54. The van der Waals surface area contributed by atoms with Gasteiger partial charge in [0.15, 0.2) is 0 Å². The highest BCUT2D eigenvalue weighted by molar-refractivity contribution is 5.90. The molecule has 2 aromatic carbocycles. The fraction of sp³-hybridized carbons (Fsp3) is 0.412. The van der Waals surface area contributed by atoms with Crippen molar-refractivity contribution in [2.24, 2.45) is 5.73 Å². The van der Waals surface area contributed by atoms with E-state index in [1.807, 2.05) is 24.3 Å². The van der Waals surface area contributed by atoms with Gasteiger partial charge in [0.1, 0.15) is 17.5 Å². The SMILES string of the molecule is NC1C(O)c2ccc3ccccc3c2OC12CCCC2. The minimum atomic E-state index is -0.638. The topological polar surface area (TPSA) is 55.5 Å². The van der Waals surface area contributed by atoms with E-state index in [1.54, 1.807) is 0 Å². The van der Waals surface area contributed by atoms with E-state index in [0.29, 0.717) is 0 Å². The number of ether oxygens (including phenoxy) is 1. The zero-order valence-electron chi connectivity index (χ0n) is 11.4. The molecule has 3 heteroatoms. The Bertz CT molecular complexity index is 661. The van der Waals surface area contributed by atoms with Crippen LogP contribution in [0.2, 0.25) is 0 Å². The quantitative estimate of drug-likeness (QED) is 0.773. The van der Waals surface area contributed by atoms with Gasteiger partial charge in [-0.3, -0.25) is 0 Å². The number of rotatable bonds is 0. The maximum Gasteiger partial charge on any atom is 0.133 e. The maximum atomic E-state index is 10.6. The van der Waals surface area contributed by atoms with Gasteiger partial charge in [0.2, 0.25) is 0 Å². The van der Waals surface area contributed by atoms with Crippen LogP contribution in [0.5, 0.6) is 5.75 Å². The van der Waals surface area contributed by atoms with Gasteiger partial charge in [-0.2, -0.15) is 0 Å². The Morgan fingerprint density at radius 2 is 1.85 bits per heavy atom. The number of aliphatic hydroxyl groups is 1. The van der Waals surface area contributed by atoms with Crippen LogP contribution < -0.4 is 10.5 Å². The second kappa shape index (κ2) is 4.21. The highest BCUT2D eigenvalue weighted by Gasteiger charge is 2.49. The van der Waals surface area contributed by atoms with Crippen molar-refractivity contribution < 1.29 is 9.84 Å². The summed E-state index contributed by atoms with van der Waals surface area (Å²) in [5.74, 6) is 0.833. The Morgan fingerprint density at radius 3 is 2.65 bits per heavy atom. The molecule has 1 saturated carbocycles. The maximum absolute atomic E-state index is 10.6. The highest BCUT2D eigenvalue weighted by atomic mass is 16.5. The molecule has 3 nitrogen and oxygen atoms in total. The van der Waals surface area contributed by atoms with Crippen LogP contribution in [0, 0.1) is 0 Å². The lowest BCUT2D eigenvalue weighted by Crippen LogP contribution is -2.56. The number of hydrogen-bond acceptors (Lipinski definition) is 3. The number of nitrogens with two attached hydrogens (primary N) is 1. The zero-order chi connectivity index (χ0) is 13.7. The van der Waals surface area contributed by atoms with E-state index in [-0.39, 0.29) is 11.6 Å². The van der Waals surface area contributed by atoms with Gasteiger partial charge in [0.25, 0.3) is 0 Å². The van der Waals surface area contributed by atoms with E-state index >= 15 is 0 Å². The van der Waals surface area contributed by atoms with Gasteiger partial charge < -0.3 is 15.6 Å². The van der Waals surface area contributed by atoms with Gasteiger partial charge in [-0.25, -0.2) is 0 Å². The van der Waals surface area contributed by atoms with Gasteiger partial charge in [0, 0.05) is 10.9 Å². The van der Waals surface area contributed by atoms with Gasteiger partial charge in [-0.15, -0.1) is 0 Å². The Balaban J connectivity index is 1.94. The van der Waals surface area contributed by atoms with Crippen molar-refractivity contribution in [3.05, 3.63) is 42.0 Å². The van der Waals surface area contributed by atoms with Crippen molar-refractivity contribution in [3.63, 3.8) is 0 Å². The van der Waals surface area contributed by atoms with Crippen LogP contribution in [0.25, 0.3) is 10.8 Å². The zero-order valence-corrected chi connectivity index (χ0v) is 11.4. The van der Waals surface area contributed by atoms with Gasteiger partial charge in [-0.1, -0.05) is 36.4 Å². The third-order valence-electron chi connectivity index (χ3n) is 4.93. The number of aliphatic hydroxyl groups excluding tert-OH is 1. The number of hydrogen-bond donors (Lipinski definition) is 2. The van der Waals surface area contributed by atoms with Gasteiger partial charge >= 0.3 is 0 Å². The summed E-state index contributed by atoms with van der Waals surface area (Å²) in [5.41, 5.74) is 6.75. The minimum absolute atomic E-state index is 0.335. The molecule has 2 aliphatic rings. The molecule has 0 aromatic heterocycles. The molecular weight excluding hydrogens is 250 g/mol. The van der Waals surface area contributed by atoms with E-state index in [9.17, 15) is 5.11 Å². The van der Waals surface area contributed by atoms with E-state index in [2.05, 4.69) is 12.1 Å². The molecule has 4 rings (SSSR count). The summed E-state index contributed by atoms with van der Waals surface area (Å²) >= 11 is 0. The predicted molar refractivity (Wildman–Crippen MR) is 78.7 cm³/mol. The summed E-state index contributed by atoms with van der Waals surface area (Å²) in [6, 6.07) is 11.8. The van der Waals surface area contributed by atoms with E-state index in [1.165, 1.54) is 0 Å². The summed E-state index contributed by atoms with van der Waals surface area (Å²) in [7, 11) is 0. The van der Waals surface area contributed by atoms with Crippen LogP contribution in [0.4, 0.5) is 0 Å². The van der Waals surface area contributed by atoms with Crippen molar-refractivity contribution in [1.82, 2.24) is 0 Å². The molecule has 3 N–H and O–H groups in total. The molecule has 0 amide bonds. The Hall–Kier alpha value is -1.58. The van der Waals surface area contributed by atoms with Crippen LogP contribution >= 0.6 is 0 Å². The molecular formula is C17H19NO2. The monoisotopic (exact) mass is 269 g/mol. The molecule has 1 aliphatic heterocycles. The summed E-state index contributed by atoms with van der Waals surface area (Å²) in [4.78, 5) is 0.